The fourth-order valence-electron chi connectivity index (χ4n) is 1.82. The highest BCUT2D eigenvalue weighted by molar-refractivity contribution is 5.78. The minimum atomic E-state index is -0.148. The predicted octanol–water partition coefficient (Wildman–Crippen LogP) is 3.18. The van der Waals surface area contributed by atoms with Crippen molar-refractivity contribution in [2.24, 2.45) is 0 Å². The number of benzene rings is 1. The molecule has 3 nitrogen and oxygen atoms in total. The normalized spacial score (nSPS) is 11.9. The van der Waals surface area contributed by atoms with E-state index in [-0.39, 0.29) is 11.9 Å². The molecule has 0 fully saturated rings. The van der Waals surface area contributed by atoms with Crippen molar-refractivity contribution in [2.75, 3.05) is 18.5 Å². The van der Waals surface area contributed by atoms with Gasteiger partial charge in [-0.25, -0.2) is 0 Å². The van der Waals surface area contributed by atoms with Gasteiger partial charge in [-0.15, -0.1) is 0 Å². The van der Waals surface area contributed by atoms with Gasteiger partial charge in [0.05, 0.1) is 12.5 Å². The maximum Gasteiger partial charge on any atom is 0.313 e. The smallest absolute Gasteiger partial charge is 0.313 e. The Bertz CT molecular complexity index is 346. The lowest BCUT2D eigenvalue weighted by Crippen LogP contribution is -2.15. The summed E-state index contributed by atoms with van der Waals surface area (Å²) in [7, 11) is 0. The van der Waals surface area contributed by atoms with E-state index >= 15 is 0 Å². The molecule has 1 rings (SSSR count). The summed E-state index contributed by atoms with van der Waals surface area (Å²) in [6.07, 6.45) is 0.763. The van der Waals surface area contributed by atoms with Crippen LogP contribution < -0.4 is 5.32 Å². The first kappa shape index (κ1) is 13.6. The zero-order chi connectivity index (χ0) is 12.7. The molecule has 1 unspecified atom stereocenters. The molecule has 0 saturated heterocycles. The van der Waals surface area contributed by atoms with Gasteiger partial charge in [-0.05, 0) is 38.0 Å². The Morgan fingerprint density at radius 1 is 1.24 bits per heavy atom. The van der Waals surface area contributed by atoms with E-state index in [9.17, 15) is 4.79 Å². The van der Waals surface area contributed by atoms with Crippen LogP contribution in [0, 0.1) is 0 Å². The van der Waals surface area contributed by atoms with Crippen LogP contribution in [0.25, 0.3) is 0 Å². The topological polar surface area (TPSA) is 38.3 Å². The van der Waals surface area contributed by atoms with E-state index in [4.69, 9.17) is 4.74 Å². The van der Waals surface area contributed by atoms with Gasteiger partial charge in [-0.2, -0.15) is 0 Å². The summed E-state index contributed by atoms with van der Waals surface area (Å²) < 4.78 is 5.07. The van der Waals surface area contributed by atoms with Gasteiger partial charge in [0.15, 0.2) is 0 Å². The first-order valence-corrected chi connectivity index (χ1v) is 6.23. The second-order valence-electron chi connectivity index (χ2n) is 3.87. The summed E-state index contributed by atoms with van der Waals surface area (Å²) in [6, 6.07) is 7.98. The van der Waals surface area contributed by atoms with Crippen molar-refractivity contribution in [1.82, 2.24) is 0 Å². The van der Waals surface area contributed by atoms with Crippen molar-refractivity contribution in [3.8, 4) is 0 Å². The van der Waals surface area contributed by atoms with Gasteiger partial charge in [-0.3, -0.25) is 4.79 Å². The second-order valence-corrected chi connectivity index (χ2v) is 3.87. The molecule has 94 valence electrons. The molecule has 1 atom stereocenters. The lowest BCUT2D eigenvalue weighted by atomic mass is 9.96. The molecule has 0 spiro atoms. The molecular formula is C14H21NO2. The number of carbonyl (C=O) groups excluding carboxylic acids is 1. The maximum absolute atomic E-state index is 11.7. The van der Waals surface area contributed by atoms with Crippen LogP contribution in [0.3, 0.4) is 0 Å². The number of rotatable bonds is 6. The average Bonchev–Trinajstić information content (AvgIpc) is 2.33. The van der Waals surface area contributed by atoms with Gasteiger partial charge in [-0.1, -0.05) is 19.1 Å². The molecule has 17 heavy (non-hydrogen) atoms. The van der Waals surface area contributed by atoms with E-state index in [2.05, 4.69) is 12.2 Å². The number of hydrogen-bond acceptors (Lipinski definition) is 3. The molecule has 0 saturated carbocycles. The molecule has 0 radical (unpaired) electrons. The van der Waals surface area contributed by atoms with Gasteiger partial charge >= 0.3 is 5.97 Å². The first-order valence-electron chi connectivity index (χ1n) is 6.23. The zero-order valence-electron chi connectivity index (χ0n) is 10.8. The van der Waals surface area contributed by atoms with E-state index in [1.54, 1.807) is 0 Å². The summed E-state index contributed by atoms with van der Waals surface area (Å²) in [5, 5.41) is 3.23. The van der Waals surface area contributed by atoms with Crippen molar-refractivity contribution in [3.63, 3.8) is 0 Å². The molecule has 0 aliphatic carbocycles. The number of nitrogens with one attached hydrogen (secondary N) is 1. The Labute approximate surface area is 103 Å². The second kappa shape index (κ2) is 6.94. The molecule has 1 N–H and O–H groups in total. The predicted molar refractivity (Wildman–Crippen MR) is 70.3 cm³/mol. The number of hydrogen-bond donors (Lipinski definition) is 1. The molecule has 0 aliphatic rings. The average molecular weight is 235 g/mol. The van der Waals surface area contributed by atoms with E-state index < -0.39 is 0 Å². The zero-order valence-corrected chi connectivity index (χ0v) is 10.8. The highest BCUT2D eigenvalue weighted by atomic mass is 16.5. The molecule has 0 bridgehead atoms. The minimum absolute atomic E-state index is 0.133. The van der Waals surface area contributed by atoms with Crippen LogP contribution in [0.2, 0.25) is 0 Å². The monoisotopic (exact) mass is 235 g/mol. The maximum atomic E-state index is 11.7. The summed E-state index contributed by atoms with van der Waals surface area (Å²) in [4.78, 5) is 11.7. The minimum Gasteiger partial charge on any atom is -0.466 e. The molecule has 0 amide bonds. The third-order valence-corrected chi connectivity index (χ3v) is 2.67. The van der Waals surface area contributed by atoms with Crippen LogP contribution in [0.5, 0.6) is 0 Å². The Balaban J connectivity index is 2.78. The van der Waals surface area contributed by atoms with Gasteiger partial charge in [0.25, 0.3) is 0 Å². The molecular weight excluding hydrogens is 214 g/mol. The van der Waals surface area contributed by atoms with Crippen LogP contribution in [-0.2, 0) is 9.53 Å². The largest absolute Gasteiger partial charge is 0.466 e. The van der Waals surface area contributed by atoms with Crippen molar-refractivity contribution in [2.45, 2.75) is 33.1 Å². The number of ether oxygens (including phenoxy) is 1. The summed E-state index contributed by atoms with van der Waals surface area (Å²) in [6.45, 7) is 7.22. The van der Waals surface area contributed by atoms with Crippen molar-refractivity contribution in [3.05, 3.63) is 29.8 Å². The Kier molecular flexibility index (Phi) is 5.53. The van der Waals surface area contributed by atoms with Gasteiger partial charge in [0.1, 0.15) is 0 Å². The van der Waals surface area contributed by atoms with Crippen molar-refractivity contribution in [1.29, 1.82) is 0 Å². The fraction of sp³-hybridized carbons (Fsp3) is 0.500. The third kappa shape index (κ3) is 3.77. The van der Waals surface area contributed by atoms with E-state index in [1.165, 1.54) is 0 Å². The summed E-state index contributed by atoms with van der Waals surface area (Å²) in [5.41, 5.74) is 2.10. The Morgan fingerprint density at radius 2 is 1.88 bits per heavy atom. The number of carbonyl (C=O) groups is 1. The summed E-state index contributed by atoms with van der Waals surface area (Å²) in [5.74, 6) is -0.281. The highest BCUT2D eigenvalue weighted by Gasteiger charge is 2.19. The first-order chi connectivity index (χ1) is 8.22. The Morgan fingerprint density at radius 3 is 2.35 bits per heavy atom. The molecule has 3 heteroatoms. The molecule has 0 heterocycles. The molecule has 0 aliphatic heterocycles. The molecule has 1 aromatic rings. The third-order valence-electron chi connectivity index (χ3n) is 2.67. The van der Waals surface area contributed by atoms with E-state index in [1.807, 2.05) is 38.1 Å². The van der Waals surface area contributed by atoms with Gasteiger partial charge < -0.3 is 10.1 Å². The standard InChI is InChI=1S/C14H21NO2/c1-4-13(14(16)17-6-3)11-7-9-12(10-8-11)15-5-2/h7-10,13,15H,4-6H2,1-3H3. The van der Waals surface area contributed by atoms with Crippen LogP contribution in [-0.4, -0.2) is 19.1 Å². The van der Waals surface area contributed by atoms with E-state index in [0.717, 1.165) is 24.2 Å². The van der Waals surface area contributed by atoms with E-state index in [0.29, 0.717) is 6.61 Å². The SMILES string of the molecule is CCNc1ccc(C(CC)C(=O)OCC)cc1. The van der Waals surface area contributed by atoms with Crippen LogP contribution in [0.1, 0.15) is 38.7 Å². The highest BCUT2D eigenvalue weighted by Crippen LogP contribution is 2.22. The number of esters is 1. The lowest BCUT2D eigenvalue weighted by molar-refractivity contribution is -0.145. The van der Waals surface area contributed by atoms with Crippen molar-refractivity contribution >= 4 is 11.7 Å². The fourth-order valence-corrected chi connectivity index (χ4v) is 1.82. The van der Waals surface area contributed by atoms with Crippen LogP contribution >= 0.6 is 0 Å². The lowest BCUT2D eigenvalue weighted by Gasteiger charge is -2.14. The van der Waals surface area contributed by atoms with Crippen LogP contribution in [0.15, 0.2) is 24.3 Å². The van der Waals surface area contributed by atoms with Crippen LogP contribution in [0.4, 0.5) is 5.69 Å². The molecule has 1 aromatic carbocycles. The quantitative estimate of drug-likeness (QED) is 0.770. The Hall–Kier alpha value is -1.51. The van der Waals surface area contributed by atoms with Gasteiger partial charge in [0.2, 0.25) is 0 Å². The van der Waals surface area contributed by atoms with Gasteiger partial charge in [0, 0.05) is 12.2 Å². The summed E-state index contributed by atoms with van der Waals surface area (Å²) >= 11 is 0. The number of anilines is 1. The molecule has 0 aromatic heterocycles. The van der Waals surface area contributed by atoms with Crippen molar-refractivity contribution < 1.29 is 9.53 Å².